The fourth-order valence-corrected chi connectivity index (χ4v) is 3.56. The molecule has 164 valence electrons. The van der Waals surface area contributed by atoms with Crippen LogP contribution < -0.4 is 10.1 Å². The summed E-state index contributed by atoms with van der Waals surface area (Å²) < 4.78 is 7.55. The maximum atomic E-state index is 13.0. The van der Waals surface area contributed by atoms with E-state index in [9.17, 15) is 4.79 Å². The summed E-state index contributed by atoms with van der Waals surface area (Å²) in [5, 5.41) is 3.29. The lowest BCUT2D eigenvalue weighted by Gasteiger charge is -2.24. The smallest absolute Gasteiger partial charge is 0.237 e. The van der Waals surface area contributed by atoms with Crippen LogP contribution in [0.3, 0.4) is 0 Å². The molecule has 0 saturated carbocycles. The Balaban J connectivity index is 1.72. The molecule has 3 rings (SSSR count). The number of hydrogen-bond acceptors (Lipinski definition) is 3. The van der Waals surface area contributed by atoms with Crippen LogP contribution in [0.25, 0.3) is 0 Å². The molecule has 1 N–H and O–H groups in total. The first kappa shape index (κ1) is 22.6. The molecule has 1 heterocycles. The van der Waals surface area contributed by atoms with Crippen molar-refractivity contribution in [2.45, 2.75) is 39.4 Å². The number of carbonyl (C=O) groups excluding carboxylic acids is 1. The zero-order chi connectivity index (χ0) is 21.9. The van der Waals surface area contributed by atoms with Gasteiger partial charge in [0.05, 0.1) is 20.2 Å². The van der Waals surface area contributed by atoms with Crippen LogP contribution in [-0.2, 0) is 24.4 Å². The van der Waals surface area contributed by atoms with Gasteiger partial charge in [0.1, 0.15) is 5.75 Å². The van der Waals surface area contributed by atoms with Crippen molar-refractivity contribution in [1.82, 2.24) is 14.8 Å². The lowest BCUT2D eigenvalue weighted by atomic mass is 10.2. The number of nitrogens with zero attached hydrogens (tertiary/aromatic N) is 2. The number of unbranched alkanes of at least 4 members (excludes halogenated alkanes) is 1. The SMILES string of the molecule is CCCCNCC(=O)N(Cc1ccccc1)Cc1cccn1Cc1cccc(OC)c1. The molecule has 0 unspecified atom stereocenters. The number of aromatic nitrogens is 1. The average molecular weight is 420 g/mol. The zero-order valence-electron chi connectivity index (χ0n) is 18.6. The molecule has 0 aliphatic carbocycles. The maximum absolute atomic E-state index is 13.0. The van der Waals surface area contributed by atoms with Crippen molar-refractivity contribution in [1.29, 1.82) is 0 Å². The van der Waals surface area contributed by atoms with E-state index in [0.717, 1.165) is 42.9 Å². The summed E-state index contributed by atoms with van der Waals surface area (Å²) in [7, 11) is 1.68. The predicted molar refractivity (Wildman–Crippen MR) is 125 cm³/mol. The first-order valence-corrected chi connectivity index (χ1v) is 11.0. The van der Waals surface area contributed by atoms with Crippen LogP contribution in [0.1, 0.15) is 36.6 Å². The van der Waals surface area contributed by atoms with Crippen molar-refractivity contribution in [3.8, 4) is 5.75 Å². The summed E-state index contributed by atoms with van der Waals surface area (Å²) in [6.45, 7) is 5.29. The van der Waals surface area contributed by atoms with E-state index < -0.39 is 0 Å². The highest BCUT2D eigenvalue weighted by Gasteiger charge is 2.16. The Morgan fingerprint density at radius 1 is 1.00 bits per heavy atom. The fourth-order valence-electron chi connectivity index (χ4n) is 3.56. The van der Waals surface area contributed by atoms with Gasteiger partial charge in [-0.15, -0.1) is 0 Å². The third-order valence-corrected chi connectivity index (χ3v) is 5.32. The molecule has 0 aliphatic heterocycles. The van der Waals surface area contributed by atoms with E-state index in [0.29, 0.717) is 19.6 Å². The lowest BCUT2D eigenvalue weighted by molar-refractivity contribution is -0.131. The van der Waals surface area contributed by atoms with Crippen LogP contribution in [0.4, 0.5) is 0 Å². The van der Waals surface area contributed by atoms with Crippen molar-refractivity contribution in [2.24, 2.45) is 0 Å². The molecule has 1 amide bonds. The molecule has 0 bridgehead atoms. The van der Waals surface area contributed by atoms with Crippen molar-refractivity contribution < 1.29 is 9.53 Å². The largest absolute Gasteiger partial charge is 0.497 e. The standard InChI is InChI=1S/C26H33N3O2/c1-3-4-15-27-18-26(30)29(19-22-10-6-5-7-11-22)21-24-13-9-16-28(24)20-23-12-8-14-25(17-23)31-2/h5-14,16-17,27H,3-4,15,18-21H2,1-2H3. The third-order valence-electron chi connectivity index (χ3n) is 5.32. The number of carbonyl (C=O) groups is 1. The number of methoxy groups -OCH3 is 1. The van der Waals surface area contributed by atoms with Gasteiger partial charge in [0.2, 0.25) is 5.91 Å². The third kappa shape index (κ3) is 7.00. The predicted octanol–water partition coefficient (Wildman–Crippen LogP) is 4.46. The van der Waals surface area contributed by atoms with Gasteiger partial charge in [-0.1, -0.05) is 55.8 Å². The molecule has 0 spiro atoms. The minimum absolute atomic E-state index is 0.120. The normalized spacial score (nSPS) is 10.8. The van der Waals surface area contributed by atoms with Crippen LogP contribution in [0.5, 0.6) is 5.75 Å². The summed E-state index contributed by atoms with van der Waals surface area (Å²) in [5.41, 5.74) is 3.41. The number of ether oxygens (including phenoxy) is 1. The van der Waals surface area contributed by atoms with Crippen LogP contribution in [0, 0.1) is 0 Å². The quantitative estimate of drug-likeness (QED) is 0.441. The maximum Gasteiger partial charge on any atom is 0.237 e. The number of hydrogen-bond donors (Lipinski definition) is 1. The number of benzene rings is 2. The van der Waals surface area contributed by atoms with Gasteiger partial charge in [-0.3, -0.25) is 4.79 Å². The van der Waals surface area contributed by atoms with E-state index in [-0.39, 0.29) is 5.91 Å². The summed E-state index contributed by atoms with van der Waals surface area (Å²) in [6, 6.07) is 22.4. The first-order valence-electron chi connectivity index (χ1n) is 11.0. The van der Waals surface area contributed by atoms with Crippen molar-refractivity contribution in [3.63, 3.8) is 0 Å². The Hall–Kier alpha value is -3.05. The summed E-state index contributed by atoms with van der Waals surface area (Å²) >= 11 is 0. The number of rotatable bonds is 12. The molecule has 0 saturated heterocycles. The molecule has 0 fully saturated rings. The van der Waals surface area contributed by atoms with Gasteiger partial charge in [-0.2, -0.15) is 0 Å². The van der Waals surface area contributed by atoms with E-state index >= 15 is 0 Å². The Morgan fingerprint density at radius 2 is 1.81 bits per heavy atom. The molecule has 3 aromatic rings. The Morgan fingerprint density at radius 3 is 2.58 bits per heavy atom. The molecule has 5 heteroatoms. The summed E-state index contributed by atoms with van der Waals surface area (Å²) in [5.74, 6) is 0.972. The molecule has 5 nitrogen and oxygen atoms in total. The molecule has 0 radical (unpaired) electrons. The van der Waals surface area contributed by atoms with Gasteiger partial charge in [0, 0.05) is 25.0 Å². The molecule has 2 aromatic carbocycles. The average Bonchev–Trinajstić information content (AvgIpc) is 3.23. The molecule has 0 atom stereocenters. The second kappa shape index (κ2) is 12.0. The van der Waals surface area contributed by atoms with Crippen LogP contribution in [-0.4, -0.2) is 35.6 Å². The van der Waals surface area contributed by atoms with Crippen LogP contribution in [0.15, 0.2) is 72.9 Å². The highest BCUT2D eigenvalue weighted by Crippen LogP contribution is 2.17. The van der Waals surface area contributed by atoms with Gasteiger partial charge in [-0.05, 0) is 48.4 Å². The Bertz CT molecular complexity index is 937. The van der Waals surface area contributed by atoms with E-state index in [4.69, 9.17) is 4.74 Å². The van der Waals surface area contributed by atoms with Gasteiger partial charge >= 0.3 is 0 Å². The minimum Gasteiger partial charge on any atom is -0.497 e. The molecule has 0 aliphatic rings. The lowest BCUT2D eigenvalue weighted by Crippen LogP contribution is -2.38. The van der Waals surface area contributed by atoms with Gasteiger partial charge in [0.25, 0.3) is 0 Å². The van der Waals surface area contributed by atoms with E-state index in [1.165, 1.54) is 5.56 Å². The topological polar surface area (TPSA) is 46.5 Å². The van der Waals surface area contributed by atoms with Gasteiger partial charge in [0.15, 0.2) is 0 Å². The zero-order valence-corrected chi connectivity index (χ0v) is 18.6. The van der Waals surface area contributed by atoms with Gasteiger partial charge < -0.3 is 19.5 Å². The highest BCUT2D eigenvalue weighted by atomic mass is 16.5. The molecule has 31 heavy (non-hydrogen) atoms. The number of amides is 1. The van der Waals surface area contributed by atoms with Gasteiger partial charge in [-0.25, -0.2) is 0 Å². The molecular weight excluding hydrogens is 386 g/mol. The Kier molecular flexibility index (Phi) is 8.73. The second-order valence-electron chi connectivity index (χ2n) is 7.74. The molecular formula is C26H33N3O2. The highest BCUT2D eigenvalue weighted by molar-refractivity contribution is 5.78. The first-order chi connectivity index (χ1) is 15.2. The van der Waals surface area contributed by atoms with Crippen LogP contribution >= 0.6 is 0 Å². The van der Waals surface area contributed by atoms with Crippen molar-refractivity contribution in [3.05, 3.63) is 89.7 Å². The Labute approximate surface area is 185 Å². The second-order valence-corrected chi connectivity index (χ2v) is 7.74. The number of nitrogens with one attached hydrogen (secondary N) is 1. The van der Waals surface area contributed by atoms with Crippen molar-refractivity contribution >= 4 is 5.91 Å². The van der Waals surface area contributed by atoms with E-state index in [1.54, 1.807) is 7.11 Å². The van der Waals surface area contributed by atoms with E-state index in [2.05, 4.69) is 47.3 Å². The molecule has 1 aromatic heterocycles. The van der Waals surface area contributed by atoms with Crippen LogP contribution in [0.2, 0.25) is 0 Å². The summed E-state index contributed by atoms with van der Waals surface area (Å²) in [4.78, 5) is 15.0. The van der Waals surface area contributed by atoms with E-state index in [1.807, 2.05) is 47.4 Å². The summed E-state index contributed by atoms with van der Waals surface area (Å²) in [6.07, 6.45) is 4.27. The fraction of sp³-hybridized carbons (Fsp3) is 0.346. The van der Waals surface area contributed by atoms with Crippen molar-refractivity contribution in [2.75, 3.05) is 20.2 Å². The monoisotopic (exact) mass is 419 g/mol. The minimum atomic E-state index is 0.120.